The predicted molar refractivity (Wildman–Crippen MR) is 98.3 cm³/mol. The summed E-state index contributed by atoms with van der Waals surface area (Å²) in [4.78, 5) is -0.179. The maximum atomic E-state index is 11.3. The van der Waals surface area contributed by atoms with Crippen molar-refractivity contribution in [3.63, 3.8) is 0 Å². The van der Waals surface area contributed by atoms with Crippen LogP contribution in [-0.2, 0) is 10.1 Å². The number of nitrogens with two attached hydrogens (primary N) is 1. The molecule has 128 valence electrons. The Labute approximate surface area is 145 Å². The van der Waals surface area contributed by atoms with Gasteiger partial charge in [-0.25, -0.2) is 0 Å². The van der Waals surface area contributed by atoms with E-state index in [4.69, 9.17) is 5.73 Å². The molecule has 0 atom stereocenters. The highest BCUT2D eigenvalue weighted by Crippen LogP contribution is 2.35. The van der Waals surface area contributed by atoms with E-state index < -0.39 is 10.1 Å². The van der Waals surface area contributed by atoms with Crippen molar-refractivity contribution in [2.24, 2.45) is 10.2 Å². The lowest BCUT2D eigenvalue weighted by molar-refractivity contribution is 0.483. The molecule has 0 aliphatic carbocycles. The number of anilines is 1. The number of nitrogen functional groups attached to an aromatic ring is 1. The van der Waals surface area contributed by atoms with Crippen molar-refractivity contribution in [3.8, 4) is 0 Å². The fourth-order valence-corrected chi connectivity index (χ4v) is 3.12. The summed E-state index contributed by atoms with van der Waals surface area (Å²) in [6, 6.07) is 13.4. The Hall–Kier alpha value is -2.77. The summed E-state index contributed by atoms with van der Waals surface area (Å²) in [5.41, 5.74) is 9.77. The zero-order valence-electron chi connectivity index (χ0n) is 13.8. The van der Waals surface area contributed by atoms with Crippen molar-refractivity contribution in [2.75, 3.05) is 5.73 Å². The van der Waals surface area contributed by atoms with Gasteiger partial charge in [-0.15, -0.1) is 5.11 Å². The minimum absolute atomic E-state index is 0.179. The van der Waals surface area contributed by atoms with Crippen LogP contribution in [0.15, 0.2) is 63.7 Å². The molecule has 3 rings (SSSR count). The van der Waals surface area contributed by atoms with Crippen LogP contribution in [0.3, 0.4) is 0 Å². The van der Waals surface area contributed by atoms with Gasteiger partial charge in [0.1, 0.15) is 5.69 Å². The van der Waals surface area contributed by atoms with Crippen LogP contribution in [0.4, 0.5) is 17.1 Å². The summed E-state index contributed by atoms with van der Waals surface area (Å²) in [5.74, 6) is 0. The Morgan fingerprint density at radius 2 is 1.72 bits per heavy atom. The largest absolute Gasteiger partial charge is 0.397 e. The molecule has 0 radical (unpaired) electrons. The maximum Gasteiger partial charge on any atom is 0.294 e. The summed E-state index contributed by atoms with van der Waals surface area (Å²) in [7, 11) is -4.27. The molecule has 6 nitrogen and oxygen atoms in total. The van der Waals surface area contributed by atoms with Crippen LogP contribution in [0.2, 0.25) is 0 Å². The number of aryl methyl sites for hydroxylation is 2. The Morgan fingerprint density at radius 3 is 2.40 bits per heavy atom. The molecule has 0 aromatic heterocycles. The molecule has 0 unspecified atom stereocenters. The molecule has 0 saturated carbocycles. The first-order chi connectivity index (χ1) is 11.8. The molecule has 0 bridgehead atoms. The molecule has 0 aliphatic rings. The van der Waals surface area contributed by atoms with Gasteiger partial charge in [-0.3, -0.25) is 4.55 Å². The third-order valence-corrected chi connectivity index (χ3v) is 4.75. The van der Waals surface area contributed by atoms with Crippen molar-refractivity contribution >= 4 is 38.0 Å². The first-order valence-corrected chi connectivity index (χ1v) is 8.98. The molecule has 0 amide bonds. The van der Waals surface area contributed by atoms with Crippen LogP contribution in [-0.4, -0.2) is 13.0 Å². The summed E-state index contributed by atoms with van der Waals surface area (Å²) in [6.07, 6.45) is 0. The number of benzene rings is 3. The normalized spacial score (nSPS) is 12.1. The van der Waals surface area contributed by atoms with Gasteiger partial charge in [-0.05, 0) is 49.1 Å². The standard InChI is InChI=1S/C18H17N3O3S/c1-11-3-8-17(12(2)9-11)20-21-18-15-6-5-14(25(22,23)24)10-13(15)4-7-16(18)19/h3-10H,19H2,1-2H3,(H,22,23,24). The van der Waals surface area contributed by atoms with Gasteiger partial charge in [0.05, 0.1) is 16.3 Å². The van der Waals surface area contributed by atoms with Crippen LogP contribution in [0.1, 0.15) is 11.1 Å². The van der Waals surface area contributed by atoms with Crippen molar-refractivity contribution in [3.05, 3.63) is 59.7 Å². The Kier molecular flexibility index (Phi) is 4.28. The maximum absolute atomic E-state index is 11.3. The molecule has 0 aliphatic heterocycles. The third kappa shape index (κ3) is 3.52. The van der Waals surface area contributed by atoms with Crippen LogP contribution < -0.4 is 5.73 Å². The van der Waals surface area contributed by atoms with E-state index in [0.717, 1.165) is 16.8 Å². The van der Waals surface area contributed by atoms with Crippen molar-refractivity contribution in [1.29, 1.82) is 0 Å². The smallest absolute Gasteiger partial charge is 0.294 e. The quantitative estimate of drug-likeness (QED) is 0.403. The summed E-state index contributed by atoms with van der Waals surface area (Å²) >= 11 is 0. The highest BCUT2D eigenvalue weighted by atomic mass is 32.2. The van der Waals surface area contributed by atoms with Crippen molar-refractivity contribution in [2.45, 2.75) is 18.7 Å². The molecule has 3 aromatic carbocycles. The molecule has 0 saturated heterocycles. The molecule has 0 spiro atoms. The number of rotatable bonds is 3. The highest BCUT2D eigenvalue weighted by Gasteiger charge is 2.12. The monoisotopic (exact) mass is 355 g/mol. The molecular weight excluding hydrogens is 338 g/mol. The average molecular weight is 355 g/mol. The number of hydrogen-bond acceptors (Lipinski definition) is 5. The van der Waals surface area contributed by atoms with E-state index in [0.29, 0.717) is 22.1 Å². The van der Waals surface area contributed by atoms with Crippen LogP contribution in [0.25, 0.3) is 10.8 Å². The van der Waals surface area contributed by atoms with E-state index in [1.54, 1.807) is 18.2 Å². The molecule has 0 heterocycles. The lowest BCUT2D eigenvalue weighted by atomic mass is 10.1. The van der Waals surface area contributed by atoms with Gasteiger partial charge < -0.3 is 5.73 Å². The van der Waals surface area contributed by atoms with Gasteiger partial charge in [0.15, 0.2) is 0 Å². The lowest BCUT2D eigenvalue weighted by Crippen LogP contribution is -1.97. The first-order valence-electron chi connectivity index (χ1n) is 7.54. The minimum Gasteiger partial charge on any atom is -0.397 e. The minimum atomic E-state index is -4.27. The van der Waals surface area contributed by atoms with E-state index in [9.17, 15) is 13.0 Å². The summed E-state index contributed by atoms with van der Waals surface area (Å²) in [5, 5.41) is 9.80. The van der Waals surface area contributed by atoms with Crippen LogP contribution in [0.5, 0.6) is 0 Å². The first kappa shape index (κ1) is 17.1. The Balaban J connectivity index is 2.12. The third-order valence-electron chi connectivity index (χ3n) is 3.90. The zero-order valence-corrected chi connectivity index (χ0v) is 14.6. The van der Waals surface area contributed by atoms with Gasteiger partial charge in [0.25, 0.3) is 10.1 Å². The van der Waals surface area contributed by atoms with E-state index in [1.165, 1.54) is 12.1 Å². The molecule has 0 fully saturated rings. The van der Waals surface area contributed by atoms with Gasteiger partial charge in [-0.2, -0.15) is 13.5 Å². The Bertz CT molecular complexity index is 1110. The van der Waals surface area contributed by atoms with E-state index in [-0.39, 0.29) is 4.90 Å². The van der Waals surface area contributed by atoms with Crippen LogP contribution >= 0.6 is 0 Å². The summed E-state index contributed by atoms with van der Waals surface area (Å²) in [6.45, 7) is 3.95. The molecule has 7 heteroatoms. The molecule has 3 N–H and O–H groups in total. The number of fused-ring (bicyclic) bond motifs is 1. The second-order valence-corrected chi connectivity index (χ2v) is 7.27. The lowest BCUT2D eigenvalue weighted by Gasteiger charge is -2.07. The Morgan fingerprint density at radius 1 is 0.960 bits per heavy atom. The van der Waals surface area contributed by atoms with E-state index >= 15 is 0 Å². The van der Waals surface area contributed by atoms with Gasteiger partial charge in [0, 0.05) is 5.39 Å². The molecular formula is C18H17N3O3S. The molecule has 25 heavy (non-hydrogen) atoms. The summed E-state index contributed by atoms with van der Waals surface area (Å²) < 4.78 is 31.8. The zero-order chi connectivity index (χ0) is 18.2. The predicted octanol–water partition coefficient (Wildman–Crippen LogP) is 4.70. The van der Waals surface area contributed by atoms with E-state index in [2.05, 4.69) is 10.2 Å². The second-order valence-electron chi connectivity index (χ2n) is 5.85. The van der Waals surface area contributed by atoms with E-state index in [1.807, 2.05) is 32.0 Å². The van der Waals surface area contributed by atoms with Crippen molar-refractivity contribution < 1.29 is 13.0 Å². The number of hydrogen-bond donors (Lipinski definition) is 2. The van der Waals surface area contributed by atoms with Crippen LogP contribution in [0, 0.1) is 13.8 Å². The SMILES string of the molecule is Cc1ccc(N=Nc2c(N)ccc3cc(S(=O)(=O)O)ccc23)c(C)c1. The van der Waals surface area contributed by atoms with Gasteiger partial charge >= 0.3 is 0 Å². The fourth-order valence-electron chi connectivity index (χ4n) is 2.60. The number of nitrogens with zero attached hydrogens (tertiary/aromatic N) is 2. The van der Waals surface area contributed by atoms with Gasteiger partial charge in [-0.1, -0.05) is 29.8 Å². The topological polar surface area (TPSA) is 105 Å². The van der Waals surface area contributed by atoms with Gasteiger partial charge in [0.2, 0.25) is 0 Å². The fraction of sp³-hybridized carbons (Fsp3) is 0.111. The molecule has 3 aromatic rings. The number of azo groups is 1. The van der Waals surface area contributed by atoms with Crippen molar-refractivity contribution in [1.82, 2.24) is 0 Å². The highest BCUT2D eigenvalue weighted by molar-refractivity contribution is 7.85. The second kappa shape index (κ2) is 6.27. The average Bonchev–Trinajstić information content (AvgIpc) is 2.54.